The molecule has 1 fully saturated rings. The van der Waals surface area contributed by atoms with Gasteiger partial charge in [0.25, 0.3) is 0 Å². The lowest BCUT2D eigenvalue weighted by atomic mass is 9.87. The normalized spacial score (nSPS) is 21.9. The van der Waals surface area contributed by atoms with Gasteiger partial charge in [-0.1, -0.05) is 51.8 Å². The number of anilines is 1. The Kier molecular flexibility index (Phi) is 18.8. The molecule has 25 nitrogen and oxygen atoms in total. The fourth-order valence-electron chi connectivity index (χ4n) is 5.28. The van der Waals surface area contributed by atoms with Crippen LogP contribution in [-0.2, 0) is 50.7 Å². The molecule has 11 N–H and O–H groups in total. The van der Waals surface area contributed by atoms with Crippen LogP contribution in [0.15, 0.2) is 12.7 Å². The molecule has 2 unspecified atom stereocenters. The molecule has 0 aromatic carbocycles. The van der Waals surface area contributed by atoms with Crippen molar-refractivity contribution < 1.29 is 85.6 Å². The van der Waals surface area contributed by atoms with Crippen LogP contribution in [-0.4, -0.2) is 134 Å². The van der Waals surface area contributed by atoms with E-state index in [9.17, 15) is 63.0 Å². The molecule has 0 radical (unpaired) electrons. The summed E-state index contributed by atoms with van der Waals surface area (Å²) in [5.41, 5.74) is 4.24. The molecule has 1 aliphatic rings. The molecule has 3 rings (SSSR count). The zero-order valence-corrected chi connectivity index (χ0v) is 35.1. The number of hydrogen-bond acceptors (Lipinski definition) is 19. The van der Waals surface area contributed by atoms with E-state index in [-0.39, 0.29) is 53.8 Å². The number of nitrogen functional groups attached to an aromatic ring is 1. The van der Waals surface area contributed by atoms with Gasteiger partial charge in [-0.2, -0.15) is 4.31 Å². The van der Waals surface area contributed by atoms with Gasteiger partial charge in [-0.15, -0.1) is 0 Å². The second-order valence-corrected chi connectivity index (χ2v) is 19.0. The summed E-state index contributed by atoms with van der Waals surface area (Å²) in [7, 11) is -16.4. The second kappa shape index (κ2) is 21.9. The number of carbonyl (C=O) groups is 3. The quantitative estimate of drug-likeness (QED) is 0.0463. The fourth-order valence-corrected chi connectivity index (χ4v) is 8.85. The van der Waals surface area contributed by atoms with Crippen LogP contribution >= 0.6 is 35.2 Å². The maximum absolute atomic E-state index is 12.7. The van der Waals surface area contributed by atoms with E-state index in [1.54, 1.807) is 0 Å². The van der Waals surface area contributed by atoms with Crippen LogP contribution in [0.3, 0.4) is 0 Å². The first kappa shape index (κ1) is 49.9. The van der Waals surface area contributed by atoms with Crippen molar-refractivity contribution in [3.05, 3.63) is 12.7 Å². The molecule has 3 heterocycles. The summed E-state index contributed by atoms with van der Waals surface area (Å²) >= 11 is 0.978. The summed E-state index contributed by atoms with van der Waals surface area (Å²) in [5.74, 6) is -1.23. The van der Waals surface area contributed by atoms with Gasteiger partial charge in [-0.05, 0) is 6.42 Å². The molecule has 2 amide bonds. The highest BCUT2D eigenvalue weighted by molar-refractivity contribution is 8.13. The Bertz CT molecular complexity index is 1850. The van der Waals surface area contributed by atoms with E-state index >= 15 is 0 Å². The largest absolute Gasteiger partial charge is 0.481 e. The Morgan fingerprint density at radius 2 is 1.72 bits per heavy atom. The number of rotatable bonds is 25. The highest BCUT2D eigenvalue weighted by Crippen LogP contribution is 2.61. The van der Waals surface area contributed by atoms with Gasteiger partial charge in [0.15, 0.2) is 22.8 Å². The molecule has 0 spiro atoms. The average molecular weight is 910 g/mol. The number of nitrogens with zero attached hydrogens (tertiary/aromatic N) is 4. The Balaban J connectivity index is 1.45. The molecule has 0 saturated carbocycles. The van der Waals surface area contributed by atoms with Crippen LogP contribution in [0.1, 0.15) is 65.5 Å². The van der Waals surface area contributed by atoms with E-state index in [0.717, 1.165) is 48.2 Å². The van der Waals surface area contributed by atoms with Gasteiger partial charge in [0.05, 0.1) is 25.6 Å². The van der Waals surface area contributed by atoms with Gasteiger partial charge in [0.2, 0.25) is 11.8 Å². The Labute approximate surface area is 336 Å². The molecule has 58 heavy (non-hydrogen) atoms. The number of ether oxygens (including phenoxy) is 1. The number of phosphoric acid groups is 3. The lowest BCUT2D eigenvalue weighted by molar-refractivity contribution is -0.137. The highest BCUT2D eigenvalue weighted by Gasteiger charge is 2.50. The summed E-state index contributed by atoms with van der Waals surface area (Å²) in [6, 6.07) is 0. The van der Waals surface area contributed by atoms with Crippen molar-refractivity contribution in [2.45, 2.75) is 96.0 Å². The Morgan fingerprint density at radius 1 is 1.03 bits per heavy atom. The van der Waals surface area contributed by atoms with Crippen LogP contribution in [0.25, 0.3) is 11.2 Å². The maximum Gasteiger partial charge on any atom is 0.481 e. The number of thioether (sulfide) groups is 1. The molecule has 2 aromatic heterocycles. The first-order chi connectivity index (χ1) is 26.9. The van der Waals surface area contributed by atoms with Crippen molar-refractivity contribution in [2.24, 2.45) is 5.41 Å². The fraction of sp³-hybridized carbons (Fsp3) is 0.724. The van der Waals surface area contributed by atoms with Crippen LogP contribution in [0, 0.1) is 5.41 Å². The van der Waals surface area contributed by atoms with Crippen molar-refractivity contribution in [1.29, 1.82) is 0 Å². The monoisotopic (exact) mass is 909 g/mol. The first-order valence-electron chi connectivity index (χ1n) is 17.7. The topological polar surface area (TPSA) is 384 Å². The minimum absolute atomic E-state index is 0.0181. The Morgan fingerprint density at radius 3 is 2.40 bits per heavy atom. The molecule has 8 atom stereocenters. The number of fused-ring (bicyclic) bond motifs is 1. The molecule has 0 bridgehead atoms. The van der Waals surface area contributed by atoms with Gasteiger partial charge in [0.1, 0.15) is 36.3 Å². The number of hydrogen-bond donors (Lipinski definition) is 10. The van der Waals surface area contributed by atoms with Crippen molar-refractivity contribution >= 4 is 69.1 Å². The number of carbonyl (C=O) groups excluding carboxylic acids is 3. The van der Waals surface area contributed by atoms with Gasteiger partial charge in [-0.3, -0.25) is 32.5 Å². The van der Waals surface area contributed by atoms with Gasteiger partial charge in [0, 0.05) is 37.1 Å². The molecule has 0 aliphatic carbocycles. The number of aliphatic hydroxyl groups is 3. The van der Waals surface area contributed by atoms with E-state index in [0.29, 0.717) is 6.42 Å². The summed E-state index contributed by atoms with van der Waals surface area (Å²) in [5, 5.41) is 36.1. The average Bonchev–Trinajstić information content (AvgIpc) is 3.68. The van der Waals surface area contributed by atoms with Crippen LogP contribution in [0.4, 0.5) is 5.82 Å². The van der Waals surface area contributed by atoms with Gasteiger partial charge >= 0.3 is 23.5 Å². The third-order valence-corrected chi connectivity index (χ3v) is 12.3. The maximum atomic E-state index is 12.7. The predicted molar refractivity (Wildman–Crippen MR) is 202 cm³/mol. The van der Waals surface area contributed by atoms with Crippen LogP contribution in [0.5, 0.6) is 0 Å². The highest BCUT2D eigenvalue weighted by atomic mass is 32.2. The van der Waals surface area contributed by atoms with E-state index in [1.807, 2.05) is 6.92 Å². The minimum atomic E-state index is -5.58. The molecule has 330 valence electrons. The number of unbranched alkanes of at least 4 members (excludes halogenated alkanes) is 2. The first-order valence-corrected chi connectivity index (χ1v) is 23.2. The number of aliphatic hydroxyl groups excluding tert-OH is 3. The number of nitrogens with two attached hydrogens (primary N) is 1. The molecule has 2 aromatic rings. The smallest absolute Gasteiger partial charge is 0.393 e. The Hall–Kier alpha value is -2.48. The number of aromatic nitrogens is 4. The van der Waals surface area contributed by atoms with Crippen molar-refractivity contribution in [1.82, 2.24) is 30.2 Å². The molecule has 29 heteroatoms. The zero-order valence-electron chi connectivity index (χ0n) is 31.6. The molecular weight excluding hydrogens is 859 g/mol. The van der Waals surface area contributed by atoms with E-state index < -0.39 is 90.7 Å². The number of nitrogens with one attached hydrogen (secondary N) is 2. The van der Waals surface area contributed by atoms with Crippen molar-refractivity contribution in [3.63, 3.8) is 0 Å². The van der Waals surface area contributed by atoms with E-state index in [2.05, 4.69) is 34.4 Å². The second-order valence-electron chi connectivity index (χ2n) is 13.6. The lowest BCUT2D eigenvalue weighted by Crippen LogP contribution is -2.46. The summed E-state index contributed by atoms with van der Waals surface area (Å²) in [6.45, 7) is 2.42. The number of imidazole rings is 1. The zero-order chi connectivity index (χ0) is 43.5. The minimum Gasteiger partial charge on any atom is -0.393 e. The predicted octanol–water partition coefficient (Wildman–Crippen LogP) is -0.00400. The van der Waals surface area contributed by atoms with Gasteiger partial charge in [-0.25, -0.2) is 28.6 Å². The van der Waals surface area contributed by atoms with Crippen molar-refractivity contribution in [3.8, 4) is 0 Å². The van der Waals surface area contributed by atoms with Gasteiger partial charge < -0.3 is 56.0 Å². The molecule has 1 saturated heterocycles. The van der Waals surface area contributed by atoms with Crippen molar-refractivity contribution in [2.75, 3.05) is 37.8 Å². The standard InChI is InChI=1S/C29H50N7O18P3S/c1-4-5-6-7-17(37)12-20(39)58-11-10-31-19(38)8-9-32-27(42)24(41)29(2,3)14-51-57(48,49)54-56(46,47)50-13-18-23(53-55(43,44)45)22(40)28(52-18)36-16-35-21-25(30)33-15-34-26(21)36/h15-18,22-24,28,37,40-41H,4-14H2,1-3H3,(H,31,38)(H,32,42)(H,46,47)(H,48,49)(H2,30,33,34)(H2,43,44,45)/t17-,18-,22-,23-,24+,28-/m1/s1. The summed E-state index contributed by atoms with van der Waals surface area (Å²) in [4.78, 5) is 87.7. The van der Waals surface area contributed by atoms with Crippen LogP contribution < -0.4 is 16.4 Å². The van der Waals surface area contributed by atoms with Crippen LogP contribution in [0.2, 0.25) is 0 Å². The van der Waals surface area contributed by atoms with E-state index in [4.69, 9.17) is 19.5 Å². The summed E-state index contributed by atoms with van der Waals surface area (Å²) in [6.07, 6.45) is -4.33. The lowest BCUT2D eigenvalue weighted by Gasteiger charge is -2.30. The number of phosphoric ester groups is 3. The van der Waals surface area contributed by atoms with E-state index in [1.165, 1.54) is 13.8 Å². The molecule has 1 aliphatic heterocycles. The third-order valence-electron chi connectivity index (χ3n) is 8.31. The summed E-state index contributed by atoms with van der Waals surface area (Å²) < 4.78 is 62.1. The third kappa shape index (κ3) is 15.8. The molecular formula is C29H50N7O18P3S. The SMILES string of the molecule is CCCCC[C@@H](O)CC(=O)SCCNC(=O)CCNC(=O)[C@H](O)C(C)(C)COP(=O)(O)OP(=O)(O)OC[C@H]1O[C@@H](n2cnc3c(N)ncnc32)[C@H](O)[C@@H]1OP(=O)(O)O. The number of amides is 2.